The Morgan fingerprint density at radius 2 is 1.96 bits per heavy atom. The number of carbonyl (C=O) groups is 1. The molecule has 0 aliphatic heterocycles. The molecule has 6 heteroatoms. The number of aromatic nitrogens is 1. The van der Waals surface area contributed by atoms with Crippen molar-refractivity contribution in [1.29, 1.82) is 0 Å². The number of rotatable bonds is 4. The zero-order valence-corrected chi connectivity index (χ0v) is 15.7. The minimum atomic E-state index is -0.379. The Morgan fingerprint density at radius 1 is 1.17 bits per heavy atom. The summed E-state index contributed by atoms with van der Waals surface area (Å²) in [5.74, 6) is 6.09. The third-order valence-corrected chi connectivity index (χ3v) is 5.79. The van der Waals surface area contributed by atoms with Crippen LogP contribution in [0.15, 0.2) is 57.3 Å². The number of ether oxygens (including phenoxy) is 1. The molecule has 3 nitrogen and oxygen atoms in total. The summed E-state index contributed by atoms with van der Waals surface area (Å²) in [7, 11) is 0. The monoisotopic (exact) mass is 417 g/mol. The van der Waals surface area contributed by atoms with Crippen molar-refractivity contribution in [2.45, 2.75) is 4.34 Å². The van der Waals surface area contributed by atoms with Gasteiger partial charge in [-0.3, -0.25) is 0 Å². The van der Waals surface area contributed by atoms with Crippen molar-refractivity contribution < 1.29 is 9.53 Å². The predicted molar refractivity (Wildman–Crippen MR) is 103 cm³/mol. The average molecular weight is 418 g/mol. The number of fused-ring (bicyclic) bond motifs is 1. The lowest BCUT2D eigenvalue weighted by Gasteiger charge is -2.02. The maximum absolute atomic E-state index is 11.9. The van der Waals surface area contributed by atoms with E-state index in [9.17, 15) is 4.79 Å². The van der Waals surface area contributed by atoms with Gasteiger partial charge in [0.05, 0.1) is 21.5 Å². The normalized spacial score (nSPS) is 10.2. The van der Waals surface area contributed by atoms with Crippen molar-refractivity contribution in [2.24, 2.45) is 0 Å². The van der Waals surface area contributed by atoms with Crippen LogP contribution in [0.3, 0.4) is 0 Å². The van der Waals surface area contributed by atoms with E-state index in [1.807, 2.05) is 24.3 Å². The van der Waals surface area contributed by atoms with Crippen LogP contribution in [0.1, 0.15) is 10.4 Å². The smallest absolute Gasteiger partial charge is 0.340 e. The van der Waals surface area contributed by atoms with Crippen LogP contribution in [-0.2, 0) is 4.74 Å². The first-order valence-electron chi connectivity index (χ1n) is 7.10. The minimum absolute atomic E-state index is 0.0839. The van der Waals surface area contributed by atoms with E-state index in [0.717, 1.165) is 9.86 Å². The molecule has 0 atom stereocenters. The molecule has 3 rings (SSSR count). The number of nitrogens with zero attached hydrogens (tertiary/aromatic N) is 1. The van der Waals surface area contributed by atoms with Gasteiger partial charge in [0.15, 0.2) is 10.9 Å². The van der Waals surface area contributed by atoms with Gasteiger partial charge >= 0.3 is 5.97 Å². The Morgan fingerprint density at radius 3 is 2.79 bits per heavy atom. The number of esters is 1. The number of hydrogen-bond donors (Lipinski definition) is 0. The fourth-order valence-electron chi connectivity index (χ4n) is 1.92. The first kappa shape index (κ1) is 17.0. The Balaban J connectivity index is 1.46. The van der Waals surface area contributed by atoms with Gasteiger partial charge in [-0.15, -0.1) is 11.3 Å². The molecule has 3 aromatic rings. The van der Waals surface area contributed by atoms with Gasteiger partial charge in [-0.05, 0) is 40.2 Å². The van der Waals surface area contributed by atoms with Crippen LogP contribution in [0.4, 0.5) is 0 Å². The predicted octanol–water partition coefficient (Wildman–Crippen LogP) is 5.01. The second-order valence-corrected chi connectivity index (χ2v) is 7.75. The van der Waals surface area contributed by atoms with E-state index in [2.05, 4.69) is 38.8 Å². The average Bonchev–Trinajstić information content (AvgIpc) is 3.01. The Bertz CT molecular complexity index is 894. The molecule has 24 heavy (non-hydrogen) atoms. The molecular formula is C18H12BrNO2S2. The summed E-state index contributed by atoms with van der Waals surface area (Å²) < 4.78 is 8.03. The number of benzene rings is 2. The fraction of sp³-hybridized carbons (Fsp3) is 0.111. The summed E-state index contributed by atoms with van der Waals surface area (Å²) in [5.41, 5.74) is 1.52. The quantitative estimate of drug-likeness (QED) is 0.339. The summed E-state index contributed by atoms with van der Waals surface area (Å²) in [6.07, 6.45) is 0. The van der Waals surface area contributed by atoms with E-state index in [4.69, 9.17) is 4.74 Å². The number of thiazole rings is 1. The lowest BCUT2D eigenvalue weighted by Crippen LogP contribution is -2.06. The van der Waals surface area contributed by atoms with E-state index in [1.165, 1.54) is 4.70 Å². The van der Waals surface area contributed by atoms with E-state index in [-0.39, 0.29) is 12.6 Å². The van der Waals surface area contributed by atoms with Crippen molar-refractivity contribution in [3.05, 3.63) is 58.6 Å². The highest BCUT2D eigenvalue weighted by Gasteiger charge is 2.09. The van der Waals surface area contributed by atoms with Crippen LogP contribution >= 0.6 is 39.0 Å². The molecule has 0 aliphatic rings. The lowest BCUT2D eigenvalue weighted by atomic mass is 10.2. The fourth-order valence-corrected chi connectivity index (χ4v) is 4.20. The zero-order valence-electron chi connectivity index (χ0n) is 12.5. The molecule has 0 spiro atoms. The minimum Gasteiger partial charge on any atom is -0.449 e. The molecule has 0 saturated heterocycles. The first-order valence-corrected chi connectivity index (χ1v) is 9.69. The highest BCUT2D eigenvalue weighted by Crippen LogP contribution is 2.28. The summed E-state index contributed by atoms with van der Waals surface area (Å²) in [6.45, 7) is 0.0839. The van der Waals surface area contributed by atoms with Crippen LogP contribution in [0.5, 0.6) is 0 Å². The summed E-state index contributed by atoms with van der Waals surface area (Å²) in [5, 5.41) is 0. The molecule has 0 radical (unpaired) electrons. The van der Waals surface area contributed by atoms with Gasteiger partial charge in [0.25, 0.3) is 0 Å². The molecule has 0 bridgehead atoms. The number of hydrogen-bond acceptors (Lipinski definition) is 5. The van der Waals surface area contributed by atoms with E-state index < -0.39 is 0 Å². The van der Waals surface area contributed by atoms with E-state index in [0.29, 0.717) is 15.8 Å². The third-order valence-electron chi connectivity index (χ3n) is 3.04. The molecule has 0 unspecified atom stereocenters. The van der Waals surface area contributed by atoms with Gasteiger partial charge in [-0.1, -0.05) is 47.9 Å². The van der Waals surface area contributed by atoms with E-state index >= 15 is 0 Å². The van der Waals surface area contributed by atoms with Crippen molar-refractivity contribution in [1.82, 2.24) is 4.98 Å². The molecule has 0 saturated carbocycles. The van der Waals surface area contributed by atoms with Crippen molar-refractivity contribution in [2.75, 3.05) is 12.4 Å². The van der Waals surface area contributed by atoms with Crippen LogP contribution in [0.25, 0.3) is 10.2 Å². The van der Waals surface area contributed by atoms with Crippen LogP contribution in [0, 0.1) is 11.8 Å². The SMILES string of the molecule is O=C(OCC#CCSc1nc2ccccc2s1)c1ccccc1Br. The van der Waals surface area contributed by atoms with Crippen LogP contribution in [-0.4, -0.2) is 23.3 Å². The Hall–Kier alpha value is -1.81. The van der Waals surface area contributed by atoms with Gasteiger partial charge in [0.1, 0.15) is 0 Å². The molecule has 2 aromatic carbocycles. The van der Waals surface area contributed by atoms with Crippen molar-refractivity contribution >= 4 is 55.2 Å². The molecule has 0 N–H and O–H groups in total. The van der Waals surface area contributed by atoms with Gasteiger partial charge in [-0.2, -0.15) is 0 Å². The zero-order chi connectivity index (χ0) is 16.8. The third kappa shape index (κ3) is 4.38. The molecule has 1 heterocycles. The second kappa shape index (κ2) is 8.34. The first-order chi connectivity index (χ1) is 11.7. The summed E-state index contributed by atoms with van der Waals surface area (Å²) >= 11 is 6.57. The van der Waals surface area contributed by atoms with Crippen LogP contribution < -0.4 is 0 Å². The molecule has 0 aliphatic carbocycles. The Labute approximate surface area is 156 Å². The molecule has 0 fully saturated rings. The molecule has 0 amide bonds. The van der Waals surface area contributed by atoms with Gasteiger partial charge in [0, 0.05) is 4.47 Å². The lowest BCUT2D eigenvalue weighted by molar-refractivity contribution is 0.0555. The molecule has 120 valence electrons. The van der Waals surface area contributed by atoms with Crippen molar-refractivity contribution in [3.8, 4) is 11.8 Å². The van der Waals surface area contributed by atoms with Gasteiger partial charge in [0.2, 0.25) is 0 Å². The number of para-hydroxylation sites is 1. The van der Waals surface area contributed by atoms with Crippen molar-refractivity contribution in [3.63, 3.8) is 0 Å². The molecular weight excluding hydrogens is 406 g/mol. The molecule has 1 aromatic heterocycles. The Kier molecular flexibility index (Phi) is 5.91. The van der Waals surface area contributed by atoms with Gasteiger partial charge in [-0.25, -0.2) is 9.78 Å². The van der Waals surface area contributed by atoms with Gasteiger partial charge < -0.3 is 4.74 Å². The maximum Gasteiger partial charge on any atom is 0.340 e. The highest BCUT2D eigenvalue weighted by molar-refractivity contribution is 9.10. The second-order valence-electron chi connectivity index (χ2n) is 4.65. The maximum atomic E-state index is 11.9. The highest BCUT2D eigenvalue weighted by atomic mass is 79.9. The van der Waals surface area contributed by atoms with Crippen LogP contribution in [0.2, 0.25) is 0 Å². The standard InChI is InChI=1S/C18H12BrNO2S2/c19-14-8-2-1-7-13(14)17(21)22-11-5-6-12-23-18-20-15-9-3-4-10-16(15)24-18/h1-4,7-10H,11-12H2. The summed E-state index contributed by atoms with van der Waals surface area (Å²) in [4.78, 5) is 16.4. The number of carbonyl (C=O) groups excluding carboxylic acids is 1. The summed E-state index contributed by atoms with van der Waals surface area (Å²) in [6, 6.07) is 15.2. The van der Waals surface area contributed by atoms with E-state index in [1.54, 1.807) is 41.3 Å². The largest absolute Gasteiger partial charge is 0.449 e. The topological polar surface area (TPSA) is 39.2 Å². The number of halogens is 1. The number of thioether (sulfide) groups is 1.